The Bertz CT molecular complexity index is 546. The van der Waals surface area contributed by atoms with Gasteiger partial charge in [0.1, 0.15) is 6.04 Å². The summed E-state index contributed by atoms with van der Waals surface area (Å²) in [6.45, 7) is 0. The van der Waals surface area contributed by atoms with Crippen molar-refractivity contribution >= 4 is 5.97 Å². The summed E-state index contributed by atoms with van der Waals surface area (Å²) in [7, 11) is 0. The van der Waals surface area contributed by atoms with Gasteiger partial charge in [-0.05, 0) is 25.7 Å². The van der Waals surface area contributed by atoms with E-state index < -0.39 is 17.8 Å². The summed E-state index contributed by atoms with van der Waals surface area (Å²) < 4.78 is 6.36. The second-order valence-electron chi connectivity index (χ2n) is 5.00. The predicted octanol–water partition coefficient (Wildman–Crippen LogP) is 0.852. The molecule has 2 rings (SSSR count). The van der Waals surface area contributed by atoms with Gasteiger partial charge >= 0.3 is 11.7 Å². The van der Waals surface area contributed by atoms with Crippen LogP contribution in [0.3, 0.4) is 0 Å². The van der Waals surface area contributed by atoms with Gasteiger partial charge in [-0.2, -0.15) is 0 Å². The van der Waals surface area contributed by atoms with E-state index >= 15 is 0 Å². The van der Waals surface area contributed by atoms with E-state index in [-0.39, 0.29) is 6.04 Å². The van der Waals surface area contributed by atoms with E-state index in [4.69, 9.17) is 15.4 Å². The van der Waals surface area contributed by atoms with E-state index in [1.54, 1.807) is 10.6 Å². The highest BCUT2D eigenvalue weighted by Crippen LogP contribution is 2.25. The summed E-state index contributed by atoms with van der Waals surface area (Å²) in [6.07, 6.45) is 8.36. The second-order valence-corrected chi connectivity index (χ2v) is 5.00. The van der Waals surface area contributed by atoms with Crippen molar-refractivity contribution in [3.05, 3.63) is 28.5 Å². The number of hydrogen-bond donors (Lipinski definition) is 2. The van der Waals surface area contributed by atoms with Gasteiger partial charge in [-0.3, -0.25) is 13.9 Å². The average molecular weight is 281 g/mol. The summed E-state index contributed by atoms with van der Waals surface area (Å²) >= 11 is 0. The van der Waals surface area contributed by atoms with Crippen LogP contribution in [0.15, 0.2) is 21.5 Å². The number of aryl methyl sites for hydroxylation is 1. The number of carboxylic acid groups (broad SMARTS) is 1. The van der Waals surface area contributed by atoms with Gasteiger partial charge in [-0.1, -0.05) is 23.7 Å². The summed E-state index contributed by atoms with van der Waals surface area (Å²) in [5.74, 6) is -0.741. The molecule has 0 aromatic carbocycles. The first-order valence-electron chi connectivity index (χ1n) is 6.81. The van der Waals surface area contributed by atoms with Crippen molar-refractivity contribution in [3.8, 4) is 0 Å². The van der Waals surface area contributed by atoms with Gasteiger partial charge < -0.3 is 10.8 Å². The van der Waals surface area contributed by atoms with E-state index in [0.29, 0.717) is 12.2 Å². The molecule has 0 amide bonds. The molecule has 20 heavy (non-hydrogen) atoms. The van der Waals surface area contributed by atoms with Crippen molar-refractivity contribution in [1.29, 1.82) is 0 Å². The first kappa shape index (κ1) is 14.5. The first-order chi connectivity index (χ1) is 9.59. The maximum Gasteiger partial charge on any atom is 0.441 e. The molecule has 0 spiro atoms. The zero-order chi connectivity index (χ0) is 14.5. The number of carboxylic acids is 1. The molecule has 0 fully saturated rings. The largest absolute Gasteiger partial charge is 0.480 e. The highest BCUT2D eigenvalue weighted by molar-refractivity contribution is 5.75. The zero-order valence-electron chi connectivity index (χ0n) is 11.2. The summed E-state index contributed by atoms with van der Waals surface area (Å²) in [5.41, 5.74) is 5.38. The van der Waals surface area contributed by atoms with E-state index in [9.17, 15) is 9.59 Å². The molecule has 0 bridgehead atoms. The molecule has 7 heteroatoms. The van der Waals surface area contributed by atoms with Gasteiger partial charge in [0, 0.05) is 12.5 Å². The number of aromatic nitrogens is 2. The number of aliphatic carboxylic acids is 1. The molecule has 1 aromatic rings. The van der Waals surface area contributed by atoms with E-state index in [1.807, 2.05) is 0 Å². The predicted molar refractivity (Wildman–Crippen MR) is 71.3 cm³/mol. The Labute approximate surface area is 116 Å². The van der Waals surface area contributed by atoms with Gasteiger partial charge in [0.15, 0.2) is 5.82 Å². The van der Waals surface area contributed by atoms with Crippen LogP contribution in [-0.4, -0.2) is 26.8 Å². The van der Waals surface area contributed by atoms with Gasteiger partial charge in [-0.15, -0.1) is 0 Å². The molecule has 2 unspecified atom stereocenters. The molecule has 2 atom stereocenters. The van der Waals surface area contributed by atoms with Crippen molar-refractivity contribution in [2.24, 2.45) is 5.73 Å². The number of nitrogens with zero attached hydrogens (tertiary/aromatic N) is 2. The molecule has 0 saturated heterocycles. The second kappa shape index (κ2) is 6.51. The normalized spacial score (nSPS) is 20.6. The Kier molecular flexibility index (Phi) is 4.73. The molecule has 0 saturated carbocycles. The number of allylic oxidation sites excluding steroid dienone is 1. The van der Waals surface area contributed by atoms with Crippen LogP contribution in [0.1, 0.15) is 44.0 Å². The maximum absolute atomic E-state index is 11.7. The Hall–Kier alpha value is -1.89. The van der Waals surface area contributed by atoms with Crippen LogP contribution in [0, 0.1) is 0 Å². The van der Waals surface area contributed by atoms with Gasteiger partial charge in [0.2, 0.25) is 0 Å². The molecular formula is C13H19N3O4. The van der Waals surface area contributed by atoms with Gasteiger partial charge in [0.25, 0.3) is 0 Å². The highest BCUT2D eigenvalue weighted by atomic mass is 16.5. The molecular weight excluding hydrogens is 262 g/mol. The molecule has 1 aliphatic heterocycles. The molecule has 1 aliphatic rings. The van der Waals surface area contributed by atoms with Crippen molar-refractivity contribution in [3.63, 3.8) is 0 Å². The topological polar surface area (TPSA) is 111 Å². The third-order valence-corrected chi connectivity index (χ3v) is 3.55. The summed E-state index contributed by atoms with van der Waals surface area (Å²) in [6, 6.07) is -0.907. The average Bonchev–Trinajstić information content (AvgIpc) is 2.66. The third kappa shape index (κ3) is 3.36. The minimum absolute atomic E-state index is 0.0666. The van der Waals surface area contributed by atoms with Crippen LogP contribution in [-0.2, 0) is 11.2 Å². The number of nitrogens with two attached hydrogens (primary N) is 1. The van der Waals surface area contributed by atoms with Crippen molar-refractivity contribution in [2.75, 3.05) is 0 Å². The molecule has 3 N–H and O–H groups in total. The smallest absolute Gasteiger partial charge is 0.441 e. The minimum atomic E-state index is -1.05. The molecule has 110 valence electrons. The molecule has 1 aromatic heterocycles. The lowest BCUT2D eigenvalue weighted by Crippen LogP contribution is -2.27. The molecule has 0 aliphatic carbocycles. The van der Waals surface area contributed by atoms with Gasteiger partial charge in [0.05, 0.1) is 0 Å². The highest BCUT2D eigenvalue weighted by Gasteiger charge is 2.22. The number of hydrogen-bond acceptors (Lipinski definition) is 5. The van der Waals surface area contributed by atoms with Crippen LogP contribution in [0.4, 0.5) is 0 Å². The number of carbonyl (C=O) groups is 1. The Morgan fingerprint density at radius 3 is 3.15 bits per heavy atom. The van der Waals surface area contributed by atoms with Crippen LogP contribution in [0.5, 0.6) is 0 Å². The van der Waals surface area contributed by atoms with Crippen LogP contribution >= 0.6 is 0 Å². The van der Waals surface area contributed by atoms with E-state index in [0.717, 1.165) is 32.1 Å². The first-order valence-corrected chi connectivity index (χ1v) is 6.81. The maximum atomic E-state index is 11.7. The summed E-state index contributed by atoms with van der Waals surface area (Å²) in [5, 5.41) is 12.5. The van der Waals surface area contributed by atoms with Crippen molar-refractivity contribution < 1.29 is 14.4 Å². The monoisotopic (exact) mass is 281 g/mol. The fourth-order valence-corrected chi connectivity index (χ4v) is 2.49. The standard InChI is InChI=1S/C13H19N3O4/c14-10(12(17)18)7-3-1-5-9-6-2-4-8-11-15-20-13(19)16(9)11/h3,7,9-10H,1-2,4-6,8,14H2,(H,17,18). The van der Waals surface area contributed by atoms with Crippen molar-refractivity contribution in [1.82, 2.24) is 9.72 Å². The lowest BCUT2D eigenvalue weighted by Gasteiger charge is -2.14. The third-order valence-electron chi connectivity index (χ3n) is 3.55. The Morgan fingerprint density at radius 2 is 2.40 bits per heavy atom. The molecule has 7 nitrogen and oxygen atoms in total. The fraction of sp³-hybridized carbons (Fsp3) is 0.615. The van der Waals surface area contributed by atoms with Crippen LogP contribution < -0.4 is 11.5 Å². The fourth-order valence-electron chi connectivity index (χ4n) is 2.49. The number of fused-ring (bicyclic) bond motifs is 1. The summed E-state index contributed by atoms with van der Waals surface area (Å²) in [4.78, 5) is 22.2. The number of rotatable bonds is 5. The Morgan fingerprint density at radius 1 is 1.60 bits per heavy atom. The Balaban J connectivity index is 1.98. The lowest BCUT2D eigenvalue weighted by atomic mass is 10.0. The van der Waals surface area contributed by atoms with Crippen molar-refractivity contribution in [2.45, 2.75) is 50.6 Å². The lowest BCUT2D eigenvalue weighted by molar-refractivity contribution is -0.137. The van der Waals surface area contributed by atoms with Crippen LogP contribution in [0.25, 0.3) is 0 Å². The van der Waals surface area contributed by atoms with Crippen LogP contribution in [0.2, 0.25) is 0 Å². The minimum Gasteiger partial charge on any atom is -0.480 e. The SMILES string of the molecule is NC(C=CCCC1CCCCc2noc(=O)n21)C(=O)O. The quantitative estimate of drug-likeness (QED) is 0.774. The molecule has 0 radical (unpaired) electrons. The molecule has 2 heterocycles. The van der Waals surface area contributed by atoms with E-state index in [2.05, 4.69) is 5.16 Å². The van der Waals surface area contributed by atoms with Gasteiger partial charge in [-0.25, -0.2) is 4.79 Å². The zero-order valence-corrected chi connectivity index (χ0v) is 11.2. The van der Waals surface area contributed by atoms with E-state index in [1.165, 1.54) is 6.08 Å².